The van der Waals surface area contributed by atoms with E-state index in [4.69, 9.17) is 5.11 Å². The predicted octanol–water partition coefficient (Wildman–Crippen LogP) is 1.70. The van der Waals surface area contributed by atoms with Crippen LogP contribution in [0.25, 0.3) is 0 Å². The van der Waals surface area contributed by atoms with Gasteiger partial charge in [0, 0.05) is 11.6 Å². The fourth-order valence-electron chi connectivity index (χ4n) is 0.990. The van der Waals surface area contributed by atoms with Gasteiger partial charge in [-0.3, -0.25) is 4.79 Å². The molecule has 0 aliphatic rings. The van der Waals surface area contributed by atoms with Crippen molar-refractivity contribution in [1.29, 1.82) is 0 Å². The number of hydrogen-bond acceptors (Lipinski definition) is 2. The zero-order chi connectivity index (χ0) is 11.4. The fraction of sp³-hybridized carbons (Fsp3) is 0.300. The topological polar surface area (TPSA) is 49.3 Å². The zero-order valence-corrected chi connectivity index (χ0v) is 9.71. The third kappa shape index (κ3) is 3.28. The van der Waals surface area contributed by atoms with Crippen LogP contribution in [-0.2, 0) is 0 Å². The summed E-state index contributed by atoms with van der Waals surface area (Å²) in [7, 11) is 0. The summed E-state index contributed by atoms with van der Waals surface area (Å²) >= 11 is 3.00. The molecule has 5 heteroatoms. The first-order valence-electron chi connectivity index (χ1n) is 4.41. The maximum Gasteiger partial charge on any atom is 0.251 e. The highest BCUT2D eigenvalue weighted by Gasteiger charge is 2.10. The molecule has 0 spiro atoms. The molecule has 0 saturated carbocycles. The molecule has 0 saturated heterocycles. The number of aliphatic hydroxyl groups is 1. The third-order valence-electron chi connectivity index (χ3n) is 1.83. The minimum absolute atomic E-state index is 0.148. The van der Waals surface area contributed by atoms with Crippen LogP contribution in [0, 0.1) is 5.82 Å². The van der Waals surface area contributed by atoms with E-state index in [-0.39, 0.29) is 18.2 Å². The van der Waals surface area contributed by atoms with Crippen LogP contribution in [0.4, 0.5) is 4.39 Å². The molecule has 2 N–H and O–H groups in total. The Morgan fingerprint density at radius 2 is 2.33 bits per heavy atom. The van der Waals surface area contributed by atoms with Gasteiger partial charge in [0.05, 0.1) is 11.1 Å². The largest absolute Gasteiger partial charge is 0.394 e. The maximum atomic E-state index is 13.1. The molecule has 82 valence electrons. The molecule has 0 radical (unpaired) electrons. The smallest absolute Gasteiger partial charge is 0.251 e. The molecule has 1 unspecified atom stereocenters. The Hall–Kier alpha value is -0.940. The van der Waals surface area contributed by atoms with Crippen molar-refractivity contribution in [3.63, 3.8) is 0 Å². The standard InChI is InChI=1S/C10H11BrFNO2/c1-6(5-14)13-10(15)7-2-3-8(11)9(12)4-7/h2-4,6,14H,5H2,1H3,(H,13,15). The highest BCUT2D eigenvalue weighted by Crippen LogP contribution is 2.16. The molecule has 3 nitrogen and oxygen atoms in total. The van der Waals surface area contributed by atoms with Gasteiger partial charge in [0.15, 0.2) is 0 Å². The van der Waals surface area contributed by atoms with Crippen LogP contribution in [0.3, 0.4) is 0 Å². The molecular formula is C10H11BrFNO2. The number of halogens is 2. The molecule has 1 aromatic carbocycles. The molecule has 0 aliphatic carbocycles. The van der Waals surface area contributed by atoms with Gasteiger partial charge in [-0.15, -0.1) is 0 Å². The van der Waals surface area contributed by atoms with Gasteiger partial charge in [-0.2, -0.15) is 0 Å². The number of benzene rings is 1. The number of rotatable bonds is 3. The van der Waals surface area contributed by atoms with Crippen molar-refractivity contribution in [3.05, 3.63) is 34.1 Å². The van der Waals surface area contributed by atoms with Gasteiger partial charge in [0.2, 0.25) is 0 Å². The molecular weight excluding hydrogens is 265 g/mol. The molecule has 0 bridgehead atoms. The molecule has 1 atom stereocenters. The summed E-state index contributed by atoms with van der Waals surface area (Å²) in [5.74, 6) is -0.887. The number of nitrogens with one attached hydrogen (secondary N) is 1. The van der Waals surface area contributed by atoms with Crippen molar-refractivity contribution in [2.24, 2.45) is 0 Å². The second kappa shape index (κ2) is 5.23. The highest BCUT2D eigenvalue weighted by atomic mass is 79.9. The Morgan fingerprint density at radius 1 is 1.67 bits per heavy atom. The Bertz CT molecular complexity index is 370. The van der Waals surface area contributed by atoms with Gasteiger partial charge >= 0.3 is 0 Å². The van der Waals surface area contributed by atoms with Crippen molar-refractivity contribution in [2.45, 2.75) is 13.0 Å². The summed E-state index contributed by atoms with van der Waals surface area (Å²) in [6, 6.07) is 3.77. The van der Waals surface area contributed by atoms with Gasteiger partial charge in [0.1, 0.15) is 5.82 Å². The summed E-state index contributed by atoms with van der Waals surface area (Å²) in [6.45, 7) is 1.51. The molecule has 15 heavy (non-hydrogen) atoms. The van der Waals surface area contributed by atoms with Crippen LogP contribution >= 0.6 is 15.9 Å². The van der Waals surface area contributed by atoms with E-state index in [0.717, 1.165) is 6.07 Å². The van der Waals surface area contributed by atoms with E-state index in [0.29, 0.717) is 4.47 Å². The van der Waals surface area contributed by atoms with Crippen molar-refractivity contribution in [2.75, 3.05) is 6.61 Å². The second-order valence-corrected chi connectivity index (χ2v) is 4.04. The van der Waals surface area contributed by atoms with Crippen molar-refractivity contribution < 1.29 is 14.3 Å². The van der Waals surface area contributed by atoms with Crippen LogP contribution in [0.15, 0.2) is 22.7 Å². The number of amides is 1. The van der Waals surface area contributed by atoms with E-state index in [1.165, 1.54) is 12.1 Å². The van der Waals surface area contributed by atoms with Crippen LogP contribution < -0.4 is 5.32 Å². The van der Waals surface area contributed by atoms with Crippen LogP contribution in [0.1, 0.15) is 17.3 Å². The maximum absolute atomic E-state index is 13.1. The Labute approximate surface area is 95.4 Å². The Balaban J connectivity index is 2.78. The minimum atomic E-state index is -0.487. The molecule has 0 aromatic heterocycles. The lowest BCUT2D eigenvalue weighted by molar-refractivity contribution is 0.0922. The lowest BCUT2D eigenvalue weighted by atomic mass is 10.2. The summed E-state index contributed by atoms with van der Waals surface area (Å²) in [5, 5.41) is 11.3. The monoisotopic (exact) mass is 275 g/mol. The third-order valence-corrected chi connectivity index (χ3v) is 2.48. The van der Waals surface area contributed by atoms with E-state index >= 15 is 0 Å². The molecule has 1 rings (SSSR count). The predicted molar refractivity (Wildman–Crippen MR) is 58.1 cm³/mol. The lowest BCUT2D eigenvalue weighted by Gasteiger charge is -2.10. The van der Waals surface area contributed by atoms with Gasteiger partial charge in [-0.1, -0.05) is 0 Å². The van der Waals surface area contributed by atoms with Gasteiger partial charge in [0.25, 0.3) is 5.91 Å². The van der Waals surface area contributed by atoms with E-state index in [9.17, 15) is 9.18 Å². The number of aliphatic hydroxyl groups excluding tert-OH is 1. The molecule has 1 amide bonds. The Kier molecular flexibility index (Phi) is 4.23. The van der Waals surface area contributed by atoms with Crippen molar-refractivity contribution in [3.8, 4) is 0 Å². The number of carbonyl (C=O) groups excluding carboxylic acids is 1. The van der Waals surface area contributed by atoms with E-state index in [2.05, 4.69) is 21.2 Å². The second-order valence-electron chi connectivity index (χ2n) is 3.19. The average molecular weight is 276 g/mol. The van der Waals surface area contributed by atoms with Gasteiger partial charge in [-0.25, -0.2) is 4.39 Å². The van der Waals surface area contributed by atoms with Gasteiger partial charge < -0.3 is 10.4 Å². The van der Waals surface area contributed by atoms with E-state index in [1.54, 1.807) is 6.92 Å². The van der Waals surface area contributed by atoms with Crippen LogP contribution in [0.2, 0.25) is 0 Å². The molecule has 0 fully saturated rings. The lowest BCUT2D eigenvalue weighted by Crippen LogP contribution is -2.35. The van der Waals surface area contributed by atoms with Crippen LogP contribution in [-0.4, -0.2) is 23.7 Å². The first kappa shape index (κ1) is 12.1. The van der Waals surface area contributed by atoms with Crippen LogP contribution in [0.5, 0.6) is 0 Å². The summed E-state index contributed by atoms with van der Waals surface area (Å²) in [4.78, 5) is 11.5. The molecule has 1 aromatic rings. The first-order chi connectivity index (χ1) is 7.04. The van der Waals surface area contributed by atoms with E-state index < -0.39 is 11.7 Å². The molecule has 0 aliphatic heterocycles. The average Bonchev–Trinajstić information content (AvgIpc) is 2.21. The molecule has 0 heterocycles. The number of hydrogen-bond donors (Lipinski definition) is 2. The van der Waals surface area contributed by atoms with Crippen molar-refractivity contribution >= 4 is 21.8 Å². The zero-order valence-electron chi connectivity index (χ0n) is 8.13. The van der Waals surface area contributed by atoms with E-state index in [1.807, 2.05) is 0 Å². The normalized spacial score (nSPS) is 12.3. The SMILES string of the molecule is CC(CO)NC(=O)c1ccc(Br)c(F)c1. The fourth-order valence-corrected chi connectivity index (χ4v) is 1.24. The minimum Gasteiger partial charge on any atom is -0.394 e. The summed E-state index contributed by atoms with van der Waals surface area (Å²) in [6.07, 6.45) is 0. The summed E-state index contributed by atoms with van der Waals surface area (Å²) in [5.41, 5.74) is 0.232. The highest BCUT2D eigenvalue weighted by molar-refractivity contribution is 9.10. The Morgan fingerprint density at radius 3 is 2.87 bits per heavy atom. The van der Waals surface area contributed by atoms with Crippen molar-refractivity contribution in [1.82, 2.24) is 5.32 Å². The quantitative estimate of drug-likeness (QED) is 0.882. The number of carbonyl (C=O) groups is 1. The van der Waals surface area contributed by atoms with Gasteiger partial charge in [-0.05, 0) is 41.1 Å². The first-order valence-corrected chi connectivity index (χ1v) is 5.20. The summed E-state index contributed by atoms with van der Waals surface area (Å²) < 4.78 is 13.4.